The van der Waals surface area contributed by atoms with Crippen LogP contribution in [-0.4, -0.2) is 39.1 Å². The molecule has 8 nitrogen and oxygen atoms in total. The first-order chi connectivity index (χ1) is 10.6. The van der Waals surface area contributed by atoms with Gasteiger partial charge in [0.25, 0.3) is 5.56 Å². The van der Waals surface area contributed by atoms with Gasteiger partial charge in [-0.15, -0.1) is 0 Å². The van der Waals surface area contributed by atoms with Gasteiger partial charge in [-0.2, -0.15) is 10.1 Å². The summed E-state index contributed by atoms with van der Waals surface area (Å²) in [6.07, 6.45) is 3.36. The van der Waals surface area contributed by atoms with Crippen molar-refractivity contribution < 1.29 is 4.52 Å². The highest BCUT2D eigenvalue weighted by Crippen LogP contribution is 2.22. The van der Waals surface area contributed by atoms with Crippen LogP contribution < -0.4 is 15.8 Å². The molecule has 0 radical (unpaired) electrons. The average Bonchev–Trinajstić information content (AvgIpc) is 2.94. The van der Waals surface area contributed by atoms with Crippen molar-refractivity contribution in [1.82, 2.24) is 19.9 Å². The van der Waals surface area contributed by atoms with E-state index in [2.05, 4.69) is 25.5 Å². The van der Waals surface area contributed by atoms with Gasteiger partial charge in [-0.3, -0.25) is 4.79 Å². The van der Waals surface area contributed by atoms with Gasteiger partial charge in [0.05, 0.1) is 0 Å². The van der Waals surface area contributed by atoms with Crippen LogP contribution in [0, 0.1) is 6.92 Å². The van der Waals surface area contributed by atoms with Crippen LogP contribution in [0.3, 0.4) is 0 Å². The summed E-state index contributed by atoms with van der Waals surface area (Å²) < 4.78 is 6.45. The standard InChI is InChI=1S/C14H20N6O2/c1-10-16-14(22-18-10)15-9-11-5-3-4-8-20(11)12-6-7-13(21)19(2)17-12/h6-7,11H,3-5,8-9H2,1-2H3,(H,15,16,18). The number of aromatic nitrogens is 4. The first-order valence-corrected chi connectivity index (χ1v) is 7.48. The van der Waals surface area contributed by atoms with E-state index in [1.54, 1.807) is 26.1 Å². The Morgan fingerprint density at radius 1 is 1.41 bits per heavy atom. The van der Waals surface area contributed by atoms with Gasteiger partial charge in [-0.25, -0.2) is 4.68 Å². The van der Waals surface area contributed by atoms with Gasteiger partial charge in [0.1, 0.15) is 5.82 Å². The zero-order valence-electron chi connectivity index (χ0n) is 12.8. The maximum absolute atomic E-state index is 11.5. The molecule has 3 heterocycles. The van der Waals surface area contributed by atoms with E-state index in [0.717, 1.165) is 25.2 Å². The lowest BCUT2D eigenvalue weighted by Crippen LogP contribution is -2.44. The molecule has 0 saturated carbocycles. The van der Waals surface area contributed by atoms with Crippen LogP contribution in [0.4, 0.5) is 11.8 Å². The Bertz CT molecular complexity index is 695. The normalized spacial score (nSPS) is 18.5. The van der Waals surface area contributed by atoms with Crippen molar-refractivity contribution >= 4 is 11.8 Å². The van der Waals surface area contributed by atoms with Crippen LogP contribution >= 0.6 is 0 Å². The smallest absolute Gasteiger partial charge is 0.321 e. The zero-order valence-corrected chi connectivity index (χ0v) is 12.8. The molecule has 118 valence electrons. The Morgan fingerprint density at radius 2 is 2.27 bits per heavy atom. The molecule has 0 aromatic carbocycles. The quantitative estimate of drug-likeness (QED) is 0.899. The molecule has 2 aromatic heterocycles. The molecule has 22 heavy (non-hydrogen) atoms. The van der Waals surface area contributed by atoms with E-state index < -0.39 is 0 Å². The monoisotopic (exact) mass is 304 g/mol. The SMILES string of the molecule is Cc1noc(NCC2CCCCN2c2ccc(=O)n(C)n2)n1. The lowest BCUT2D eigenvalue weighted by molar-refractivity contribution is 0.417. The molecular formula is C14H20N6O2. The van der Waals surface area contributed by atoms with Crippen LogP contribution in [0.5, 0.6) is 0 Å². The minimum absolute atomic E-state index is 0.100. The van der Waals surface area contributed by atoms with E-state index in [0.29, 0.717) is 18.4 Å². The number of piperidine rings is 1. The molecule has 1 aliphatic heterocycles. The van der Waals surface area contributed by atoms with Gasteiger partial charge >= 0.3 is 6.01 Å². The highest BCUT2D eigenvalue weighted by atomic mass is 16.5. The van der Waals surface area contributed by atoms with E-state index in [-0.39, 0.29) is 11.6 Å². The second kappa shape index (κ2) is 6.17. The summed E-state index contributed by atoms with van der Waals surface area (Å²) in [6.45, 7) is 3.42. The Balaban J connectivity index is 1.72. The van der Waals surface area contributed by atoms with Crippen molar-refractivity contribution in [2.24, 2.45) is 7.05 Å². The molecule has 0 bridgehead atoms. The predicted molar refractivity (Wildman–Crippen MR) is 82.0 cm³/mol. The Labute approximate surface area is 128 Å². The first-order valence-electron chi connectivity index (χ1n) is 7.48. The number of nitrogens with zero attached hydrogens (tertiary/aromatic N) is 5. The first kappa shape index (κ1) is 14.6. The topological polar surface area (TPSA) is 89.1 Å². The fourth-order valence-electron chi connectivity index (χ4n) is 2.73. The minimum Gasteiger partial charge on any atom is -0.350 e. The van der Waals surface area contributed by atoms with Crippen LogP contribution in [0.2, 0.25) is 0 Å². The molecule has 1 fully saturated rings. The highest BCUT2D eigenvalue weighted by molar-refractivity contribution is 5.39. The number of hydrogen-bond donors (Lipinski definition) is 1. The Morgan fingerprint density at radius 3 is 3.00 bits per heavy atom. The van der Waals surface area contributed by atoms with Crippen molar-refractivity contribution in [3.8, 4) is 0 Å². The largest absolute Gasteiger partial charge is 0.350 e. The molecule has 1 aliphatic rings. The van der Waals surface area contributed by atoms with Crippen molar-refractivity contribution in [2.45, 2.75) is 32.2 Å². The fraction of sp³-hybridized carbons (Fsp3) is 0.571. The van der Waals surface area contributed by atoms with Crippen LogP contribution in [0.25, 0.3) is 0 Å². The maximum atomic E-state index is 11.5. The molecule has 2 aromatic rings. The van der Waals surface area contributed by atoms with Gasteiger partial charge in [0, 0.05) is 32.2 Å². The summed E-state index contributed by atoms with van der Waals surface area (Å²) in [5.74, 6) is 1.44. The van der Waals surface area contributed by atoms with Crippen molar-refractivity contribution in [2.75, 3.05) is 23.3 Å². The molecule has 1 unspecified atom stereocenters. The number of anilines is 2. The number of aryl methyl sites for hydroxylation is 2. The Hall–Kier alpha value is -2.38. The highest BCUT2D eigenvalue weighted by Gasteiger charge is 2.24. The number of rotatable bonds is 4. The fourth-order valence-corrected chi connectivity index (χ4v) is 2.73. The van der Waals surface area contributed by atoms with Gasteiger partial charge in [-0.1, -0.05) is 5.16 Å². The summed E-state index contributed by atoms with van der Waals surface area (Å²) >= 11 is 0. The van der Waals surface area contributed by atoms with E-state index >= 15 is 0 Å². The van der Waals surface area contributed by atoms with Gasteiger partial charge in [0.15, 0.2) is 5.82 Å². The molecule has 0 spiro atoms. The summed E-state index contributed by atoms with van der Waals surface area (Å²) in [4.78, 5) is 17.9. The lowest BCUT2D eigenvalue weighted by atomic mass is 10.0. The van der Waals surface area contributed by atoms with Crippen molar-refractivity contribution in [3.63, 3.8) is 0 Å². The lowest BCUT2D eigenvalue weighted by Gasteiger charge is -2.36. The second-order valence-electron chi connectivity index (χ2n) is 5.52. The zero-order chi connectivity index (χ0) is 15.5. The van der Waals surface area contributed by atoms with Gasteiger partial charge in [-0.05, 0) is 32.3 Å². The molecule has 1 atom stereocenters. The summed E-state index contributed by atoms with van der Waals surface area (Å²) in [7, 11) is 1.67. The van der Waals surface area contributed by atoms with Crippen LogP contribution in [0.1, 0.15) is 25.1 Å². The molecule has 0 aliphatic carbocycles. The van der Waals surface area contributed by atoms with Gasteiger partial charge in [0.2, 0.25) is 0 Å². The summed E-state index contributed by atoms with van der Waals surface area (Å²) in [6, 6.07) is 4.07. The average molecular weight is 304 g/mol. The Kier molecular flexibility index (Phi) is 4.08. The maximum Gasteiger partial charge on any atom is 0.321 e. The molecule has 0 amide bonds. The minimum atomic E-state index is -0.100. The number of hydrogen-bond acceptors (Lipinski definition) is 7. The van der Waals surface area contributed by atoms with E-state index in [1.165, 1.54) is 11.1 Å². The third kappa shape index (κ3) is 3.10. The third-order valence-corrected chi connectivity index (χ3v) is 3.88. The summed E-state index contributed by atoms with van der Waals surface area (Å²) in [5, 5.41) is 11.3. The van der Waals surface area contributed by atoms with Gasteiger partial charge < -0.3 is 14.7 Å². The molecule has 8 heteroatoms. The molecule has 1 N–H and O–H groups in total. The van der Waals surface area contributed by atoms with E-state index in [4.69, 9.17) is 4.52 Å². The second-order valence-corrected chi connectivity index (χ2v) is 5.52. The van der Waals surface area contributed by atoms with Crippen LogP contribution in [0.15, 0.2) is 21.5 Å². The molecule has 1 saturated heterocycles. The number of nitrogens with one attached hydrogen (secondary N) is 1. The van der Waals surface area contributed by atoms with E-state index in [1.807, 2.05) is 0 Å². The van der Waals surface area contributed by atoms with Crippen molar-refractivity contribution in [1.29, 1.82) is 0 Å². The molecular weight excluding hydrogens is 284 g/mol. The summed E-state index contributed by atoms with van der Waals surface area (Å²) in [5.41, 5.74) is -0.100. The predicted octanol–water partition coefficient (Wildman–Crippen LogP) is 0.943. The van der Waals surface area contributed by atoms with E-state index in [9.17, 15) is 4.79 Å². The van der Waals surface area contributed by atoms with Crippen molar-refractivity contribution in [3.05, 3.63) is 28.3 Å². The van der Waals surface area contributed by atoms with Crippen LogP contribution in [-0.2, 0) is 7.05 Å². The molecule has 3 rings (SSSR count). The third-order valence-electron chi connectivity index (χ3n) is 3.88.